The molecule has 6 nitrogen and oxygen atoms in total. The predicted molar refractivity (Wildman–Crippen MR) is 134 cm³/mol. The lowest BCUT2D eigenvalue weighted by Crippen LogP contribution is -2.14. The van der Waals surface area contributed by atoms with E-state index in [1.807, 2.05) is 60.0 Å². The van der Waals surface area contributed by atoms with Gasteiger partial charge in [0.25, 0.3) is 0 Å². The summed E-state index contributed by atoms with van der Waals surface area (Å²) < 4.78 is 7.20. The number of methoxy groups -OCH3 is 1. The largest absolute Gasteiger partial charge is 0.497 e. The molecule has 1 amide bonds. The Balaban J connectivity index is 1.59. The van der Waals surface area contributed by atoms with Crippen molar-refractivity contribution < 1.29 is 9.53 Å². The summed E-state index contributed by atoms with van der Waals surface area (Å²) in [5.74, 6) is 1.39. The van der Waals surface area contributed by atoms with Crippen molar-refractivity contribution in [2.24, 2.45) is 0 Å². The highest BCUT2D eigenvalue weighted by atomic mass is 35.5. The van der Waals surface area contributed by atoms with Crippen LogP contribution in [0, 0.1) is 6.92 Å². The molecule has 0 saturated heterocycles. The summed E-state index contributed by atoms with van der Waals surface area (Å²) in [7, 11) is 1.63. The maximum Gasteiger partial charge on any atom is 0.234 e. The summed E-state index contributed by atoms with van der Waals surface area (Å²) in [6, 6.07) is 20.6. The number of anilines is 1. The average Bonchev–Trinajstić information content (AvgIpc) is 3.24. The molecule has 0 bridgehead atoms. The molecule has 0 aliphatic carbocycles. The molecule has 4 aromatic rings. The molecule has 9 heteroatoms. The number of hydrogen-bond donors (Lipinski definition) is 1. The molecular formula is C24H20Cl2N4O2S. The van der Waals surface area contributed by atoms with Gasteiger partial charge >= 0.3 is 0 Å². The Kier molecular flexibility index (Phi) is 7.23. The lowest BCUT2D eigenvalue weighted by atomic mass is 10.2. The van der Waals surface area contributed by atoms with Crippen molar-refractivity contribution in [3.05, 3.63) is 82.3 Å². The molecule has 1 N–H and O–H groups in total. The van der Waals surface area contributed by atoms with Crippen molar-refractivity contribution in [3.63, 3.8) is 0 Å². The van der Waals surface area contributed by atoms with Crippen LogP contribution in [0.3, 0.4) is 0 Å². The van der Waals surface area contributed by atoms with Gasteiger partial charge in [0, 0.05) is 16.9 Å². The van der Waals surface area contributed by atoms with Crippen molar-refractivity contribution in [2.45, 2.75) is 12.1 Å². The number of hydrogen-bond acceptors (Lipinski definition) is 5. The second-order valence-corrected chi connectivity index (χ2v) is 8.93. The smallest absolute Gasteiger partial charge is 0.234 e. The van der Waals surface area contributed by atoms with Crippen LogP contribution in [0.1, 0.15) is 5.56 Å². The highest BCUT2D eigenvalue weighted by Crippen LogP contribution is 2.30. The van der Waals surface area contributed by atoms with Crippen LogP contribution in [0.5, 0.6) is 5.75 Å². The number of rotatable bonds is 7. The minimum atomic E-state index is -0.192. The average molecular weight is 499 g/mol. The first kappa shape index (κ1) is 23.2. The third-order valence-corrected chi connectivity index (χ3v) is 6.48. The van der Waals surface area contributed by atoms with Crippen LogP contribution in [-0.4, -0.2) is 33.5 Å². The van der Waals surface area contributed by atoms with Crippen LogP contribution in [0.2, 0.25) is 10.0 Å². The van der Waals surface area contributed by atoms with Crippen LogP contribution >= 0.6 is 35.0 Å². The van der Waals surface area contributed by atoms with Crippen molar-refractivity contribution in [2.75, 3.05) is 18.2 Å². The highest BCUT2D eigenvalue weighted by molar-refractivity contribution is 7.99. The summed E-state index contributed by atoms with van der Waals surface area (Å²) in [6.07, 6.45) is 0. The second kappa shape index (κ2) is 10.3. The Morgan fingerprint density at radius 2 is 1.73 bits per heavy atom. The number of benzene rings is 3. The van der Waals surface area contributed by atoms with E-state index in [0.717, 1.165) is 22.6 Å². The SMILES string of the molecule is COc1ccc(-c2nnc(SCC(=O)Nc3ccc(Cl)c(Cl)c3)n2-c2ccc(C)cc2)cc1. The number of nitrogens with zero attached hydrogens (tertiary/aromatic N) is 3. The number of halogens is 2. The monoisotopic (exact) mass is 498 g/mol. The number of aryl methyl sites for hydroxylation is 1. The molecule has 0 unspecified atom stereocenters. The molecule has 0 aliphatic heterocycles. The fraction of sp³-hybridized carbons (Fsp3) is 0.125. The fourth-order valence-corrected chi connectivity index (χ4v) is 4.17. The van der Waals surface area contributed by atoms with Gasteiger partial charge in [0.15, 0.2) is 11.0 Å². The topological polar surface area (TPSA) is 69.0 Å². The van der Waals surface area contributed by atoms with Crippen LogP contribution in [0.25, 0.3) is 17.1 Å². The van der Waals surface area contributed by atoms with E-state index in [1.54, 1.807) is 25.3 Å². The maximum absolute atomic E-state index is 12.5. The number of ether oxygens (including phenoxy) is 1. The summed E-state index contributed by atoms with van der Waals surface area (Å²) in [5, 5.41) is 13.0. The van der Waals surface area contributed by atoms with Crippen LogP contribution in [0.4, 0.5) is 5.69 Å². The first-order valence-electron chi connectivity index (χ1n) is 9.99. The van der Waals surface area contributed by atoms with Gasteiger partial charge in [0.2, 0.25) is 5.91 Å². The van der Waals surface area contributed by atoms with E-state index in [9.17, 15) is 4.79 Å². The number of carbonyl (C=O) groups is 1. The first-order valence-corrected chi connectivity index (χ1v) is 11.7. The van der Waals surface area contributed by atoms with Gasteiger partial charge in [-0.1, -0.05) is 52.7 Å². The quantitative estimate of drug-likeness (QED) is 0.303. The zero-order valence-corrected chi connectivity index (χ0v) is 20.2. The number of aromatic nitrogens is 3. The van der Waals surface area contributed by atoms with Gasteiger partial charge in [-0.05, 0) is 61.5 Å². The molecule has 1 heterocycles. The summed E-state index contributed by atoms with van der Waals surface area (Å²) in [5.41, 5.74) is 3.52. The van der Waals surface area contributed by atoms with E-state index < -0.39 is 0 Å². The normalized spacial score (nSPS) is 10.8. The molecular weight excluding hydrogens is 479 g/mol. The molecule has 3 aromatic carbocycles. The molecule has 1 aromatic heterocycles. The summed E-state index contributed by atoms with van der Waals surface area (Å²) >= 11 is 13.3. The van der Waals surface area contributed by atoms with Crippen molar-refractivity contribution in [1.29, 1.82) is 0 Å². The Morgan fingerprint density at radius 3 is 2.39 bits per heavy atom. The van der Waals surface area contributed by atoms with E-state index in [4.69, 9.17) is 27.9 Å². The van der Waals surface area contributed by atoms with Crippen molar-refractivity contribution in [1.82, 2.24) is 14.8 Å². The molecule has 168 valence electrons. The van der Waals surface area contributed by atoms with Crippen molar-refractivity contribution >= 4 is 46.6 Å². The molecule has 0 aliphatic rings. The Morgan fingerprint density at radius 1 is 1.00 bits per heavy atom. The molecule has 0 fully saturated rings. The second-order valence-electron chi connectivity index (χ2n) is 7.17. The third kappa shape index (κ3) is 5.50. The number of carbonyl (C=O) groups excluding carboxylic acids is 1. The third-order valence-electron chi connectivity index (χ3n) is 4.81. The molecule has 33 heavy (non-hydrogen) atoms. The lowest BCUT2D eigenvalue weighted by molar-refractivity contribution is -0.113. The molecule has 0 atom stereocenters. The zero-order chi connectivity index (χ0) is 23.4. The summed E-state index contributed by atoms with van der Waals surface area (Å²) in [4.78, 5) is 12.5. The van der Waals surface area contributed by atoms with E-state index >= 15 is 0 Å². The zero-order valence-electron chi connectivity index (χ0n) is 17.9. The van der Waals surface area contributed by atoms with Gasteiger partial charge in [0.1, 0.15) is 5.75 Å². The van der Waals surface area contributed by atoms with Gasteiger partial charge in [-0.25, -0.2) is 0 Å². The van der Waals surface area contributed by atoms with E-state index in [0.29, 0.717) is 26.7 Å². The number of thioether (sulfide) groups is 1. The first-order chi connectivity index (χ1) is 15.9. The fourth-order valence-electron chi connectivity index (χ4n) is 3.12. The van der Waals surface area contributed by atoms with E-state index in [1.165, 1.54) is 11.8 Å². The van der Waals surface area contributed by atoms with Gasteiger partial charge in [-0.15, -0.1) is 10.2 Å². The molecule has 4 rings (SSSR count). The molecule has 0 saturated carbocycles. The minimum Gasteiger partial charge on any atom is -0.497 e. The maximum atomic E-state index is 12.5. The van der Waals surface area contributed by atoms with Crippen LogP contribution < -0.4 is 10.1 Å². The van der Waals surface area contributed by atoms with Crippen LogP contribution in [0.15, 0.2) is 71.9 Å². The lowest BCUT2D eigenvalue weighted by Gasteiger charge is -2.11. The Labute approximate surface area is 205 Å². The summed E-state index contributed by atoms with van der Waals surface area (Å²) in [6.45, 7) is 2.03. The van der Waals surface area contributed by atoms with E-state index in [-0.39, 0.29) is 11.7 Å². The predicted octanol–water partition coefficient (Wildman–Crippen LogP) is 6.29. The highest BCUT2D eigenvalue weighted by Gasteiger charge is 2.17. The molecule has 0 spiro atoms. The van der Waals surface area contributed by atoms with Crippen LogP contribution in [-0.2, 0) is 4.79 Å². The van der Waals surface area contributed by atoms with Crippen molar-refractivity contribution in [3.8, 4) is 22.8 Å². The van der Waals surface area contributed by atoms with Gasteiger partial charge < -0.3 is 10.1 Å². The Bertz CT molecular complexity index is 1270. The van der Waals surface area contributed by atoms with Gasteiger partial charge in [0.05, 0.1) is 22.9 Å². The van der Waals surface area contributed by atoms with Gasteiger partial charge in [-0.2, -0.15) is 0 Å². The minimum absolute atomic E-state index is 0.146. The molecule has 0 radical (unpaired) electrons. The standard InChI is InChI=1S/C24H20Cl2N4O2S/c1-15-3-8-18(9-4-15)30-23(16-5-10-19(32-2)11-6-16)28-29-24(30)33-14-22(31)27-17-7-12-20(25)21(26)13-17/h3-13H,14H2,1-2H3,(H,27,31). The Hall–Kier alpha value is -3.00. The number of nitrogens with one attached hydrogen (secondary N) is 1. The van der Waals surface area contributed by atoms with Gasteiger partial charge in [-0.3, -0.25) is 9.36 Å². The number of amides is 1. The van der Waals surface area contributed by atoms with E-state index in [2.05, 4.69) is 15.5 Å².